The van der Waals surface area contributed by atoms with Gasteiger partial charge in [0.15, 0.2) is 0 Å². The molecular formula is C13H16N2O3. The van der Waals surface area contributed by atoms with E-state index in [1.165, 1.54) is 6.07 Å². The molecule has 0 N–H and O–H groups in total. The summed E-state index contributed by atoms with van der Waals surface area (Å²) in [6.45, 7) is 3.48. The summed E-state index contributed by atoms with van der Waals surface area (Å²) in [6.07, 6.45) is 2.93. The summed E-state index contributed by atoms with van der Waals surface area (Å²) in [6, 6.07) is 4.88. The SMILES string of the molecule is Cc1cc([N+](=O)[O-])ccc1N1CCCC(C=O)C1. The van der Waals surface area contributed by atoms with Crippen molar-refractivity contribution in [3.63, 3.8) is 0 Å². The van der Waals surface area contributed by atoms with Gasteiger partial charge < -0.3 is 9.69 Å². The Hall–Kier alpha value is -1.91. The highest BCUT2D eigenvalue weighted by atomic mass is 16.6. The third-order valence-corrected chi connectivity index (χ3v) is 3.38. The van der Waals surface area contributed by atoms with E-state index in [9.17, 15) is 14.9 Å². The summed E-state index contributed by atoms with van der Waals surface area (Å²) in [4.78, 5) is 23.3. The molecule has 0 bridgehead atoms. The second-order valence-corrected chi connectivity index (χ2v) is 4.71. The van der Waals surface area contributed by atoms with Gasteiger partial charge in [0, 0.05) is 36.8 Å². The molecule has 18 heavy (non-hydrogen) atoms. The van der Waals surface area contributed by atoms with E-state index in [1.807, 2.05) is 6.92 Å². The maximum atomic E-state index is 10.8. The quantitative estimate of drug-likeness (QED) is 0.468. The molecule has 1 unspecified atom stereocenters. The zero-order chi connectivity index (χ0) is 13.1. The van der Waals surface area contributed by atoms with Crippen molar-refractivity contribution in [2.75, 3.05) is 18.0 Å². The van der Waals surface area contributed by atoms with Crippen LogP contribution >= 0.6 is 0 Å². The van der Waals surface area contributed by atoms with Crippen molar-refractivity contribution in [2.45, 2.75) is 19.8 Å². The number of aldehydes is 1. The Balaban J connectivity index is 2.22. The highest BCUT2D eigenvalue weighted by Gasteiger charge is 2.21. The highest BCUT2D eigenvalue weighted by Crippen LogP contribution is 2.28. The van der Waals surface area contributed by atoms with Crippen LogP contribution in [0.25, 0.3) is 0 Å². The van der Waals surface area contributed by atoms with Gasteiger partial charge >= 0.3 is 0 Å². The van der Waals surface area contributed by atoms with E-state index in [2.05, 4.69) is 4.90 Å². The number of carbonyl (C=O) groups excluding carboxylic acids is 1. The van der Waals surface area contributed by atoms with Crippen molar-refractivity contribution in [2.24, 2.45) is 5.92 Å². The van der Waals surface area contributed by atoms with Crippen LogP contribution in [-0.2, 0) is 4.79 Å². The Bertz CT molecular complexity index is 473. The highest BCUT2D eigenvalue weighted by molar-refractivity contribution is 5.61. The standard InChI is InChI=1S/C13H16N2O3/c1-10-7-12(15(17)18)4-5-13(10)14-6-2-3-11(8-14)9-16/h4-5,7,9,11H,2-3,6,8H2,1H3. The molecule has 0 amide bonds. The van der Waals surface area contributed by atoms with E-state index in [1.54, 1.807) is 12.1 Å². The van der Waals surface area contributed by atoms with Crippen LogP contribution in [0.2, 0.25) is 0 Å². The summed E-state index contributed by atoms with van der Waals surface area (Å²) in [5.41, 5.74) is 1.99. The van der Waals surface area contributed by atoms with Gasteiger partial charge in [-0.15, -0.1) is 0 Å². The van der Waals surface area contributed by atoms with E-state index in [0.29, 0.717) is 6.54 Å². The molecular weight excluding hydrogens is 232 g/mol. The first-order valence-corrected chi connectivity index (χ1v) is 6.07. The van der Waals surface area contributed by atoms with Crippen LogP contribution in [0.4, 0.5) is 11.4 Å². The maximum Gasteiger partial charge on any atom is 0.269 e. The number of non-ortho nitro benzene ring substituents is 1. The van der Waals surface area contributed by atoms with Gasteiger partial charge in [-0.2, -0.15) is 0 Å². The first-order valence-electron chi connectivity index (χ1n) is 6.07. The minimum Gasteiger partial charge on any atom is -0.371 e. The maximum absolute atomic E-state index is 10.8. The number of anilines is 1. The van der Waals surface area contributed by atoms with Gasteiger partial charge in [-0.3, -0.25) is 10.1 Å². The number of nitro benzene ring substituents is 1. The molecule has 1 aliphatic rings. The lowest BCUT2D eigenvalue weighted by Gasteiger charge is -2.33. The number of hydrogen-bond acceptors (Lipinski definition) is 4. The molecule has 1 aromatic rings. The minimum atomic E-state index is -0.388. The molecule has 1 atom stereocenters. The van der Waals surface area contributed by atoms with Crippen molar-refractivity contribution < 1.29 is 9.72 Å². The summed E-state index contributed by atoms with van der Waals surface area (Å²) in [5.74, 6) is 0.0772. The number of nitro groups is 1. The molecule has 0 saturated carbocycles. The molecule has 0 radical (unpaired) electrons. The molecule has 96 valence electrons. The van der Waals surface area contributed by atoms with Crippen molar-refractivity contribution in [1.29, 1.82) is 0 Å². The van der Waals surface area contributed by atoms with Gasteiger partial charge in [0.1, 0.15) is 6.29 Å². The largest absolute Gasteiger partial charge is 0.371 e. The number of benzene rings is 1. The molecule has 1 heterocycles. The number of hydrogen-bond donors (Lipinski definition) is 0. The average Bonchev–Trinajstić information content (AvgIpc) is 2.38. The van der Waals surface area contributed by atoms with Crippen molar-refractivity contribution >= 4 is 17.7 Å². The Labute approximate surface area is 106 Å². The fourth-order valence-electron chi connectivity index (χ4n) is 2.45. The van der Waals surface area contributed by atoms with Gasteiger partial charge in [-0.25, -0.2) is 0 Å². The second kappa shape index (κ2) is 5.16. The molecule has 0 aliphatic carbocycles. The topological polar surface area (TPSA) is 63.5 Å². The van der Waals surface area contributed by atoms with Crippen LogP contribution < -0.4 is 4.90 Å². The lowest BCUT2D eigenvalue weighted by molar-refractivity contribution is -0.384. The Kier molecular flexibility index (Phi) is 3.60. The third-order valence-electron chi connectivity index (χ3n) is 3.38. The molecule has 1 fully saturated rings. The zero-order valence-corrected chi connectivity index (χ0v) is 10.3. The smallest absolute Gasteiger partial charge is 0.269 e. The van der Waals surface area contributed by atoms with Crippen LogP contribution in [0, 0.1) is 23.0 Å². The average molecular weight is 248 g/mol. The van der Waals surface area contributed by atoms with Gasteiger partial charge in [-0.1, -0.05) is 0 Å². The molecule has 5 heteroatoms. The van der Waals surface area contributed by atoms with E-state index in [0.717, 1.165) is 36.9 Å². The fourth-order valence-corrected chi connectivity index (χ4v) is 2.45. The molecule has 5 nitrogen and oxygen atoms in total. The lowest BCUT2D eigenvalue weighted by atomic mass is 9.98. The number of nitrogens with zero attached hydrogens (tertiary/aromatic N) is 2. The van der Waals surface area contributed by atoms with Gasteiger partial charge in [0.2, 0.25) is 0 Å². The van der Waals surface area contributed by atoms with E-state index >= 15 is 0 Å². The Morgan fingerprint density at radius 3 is 2.89 bits per heavy atom. The Morgan fingerprint density at radius 2 is 2.28 bits per heavy atom. The summed E-state index contributed by atoms with van der Waals surface area (Å²) < 4.78 is 0. The minimum absolute atomic E-state index is 0.0772. The van der Waals surface area contributed by atoms with Crippen molar-refractivity contribution in [3.8, 4) is 0 Å². The summed E-state index contributed by atoms with van der Waals surface area (Å²) >= 11 is 0. The van der Waals surface area contributed by atoms with Crippen molar-refractivity contribution in [3.05, 3.63) is 33.9 Å². The number of aryl methyl sites for hydroxylation is 1. The van der Waals surface area contributed by atoms with Gasteiger partial charge in [-0.05, 0) is 31.4 Å². The van der Waals surface area contributed by atoms with Crippen molar-refractivity contribution in [1.82, 2.24) is 0 Å². The number of carbonyl (C=O) groups is 1. The molecule has 1 aliphatic heterocycles. The van der Waals surface area contributed by atoms with Crippen LogP contribution in [0.1, 0.15) is 18.4 Å². The third kappa shape index (κ3) is 2.50. The van der Waals surface area contributed by atoms with Crippen LogP contribution in [0.3, 0.4) is 0 Å². The van der Waals surface area contributed by atoms with E-state index < -0.39 is 0 Å². The summed E-state index contributed by atoms with van der Waals surface area (Å²) in [7, 11) is 0. The fraction of sp³-hybridized carbons (Fsp3) is 0.462. The number of rotatable bonds is 3. The predicted octanol–water partition coefficient (Wildman–Crippen LogP) is 2.32. The van der Waals surface area contributed by atoms with Gasteiger partial charge in [0.05, 0.1) is 4.92 Å². The van der Waals surface area contributed by atoms with Crippen LogP contribution in [0.5, 0.6) is 0 Å². The van der Waals surface area contributed by atoms with E-state index in [-0.39, 0.29) is 16.5 Å². The second-order valence-electron chi connectivity index (χ2n) is 4.71. The lowest BCUT2D eigenvalue weighted by Crippen LogP contribution is -2.36. The number of piperidine rings is 1. The van der Waals surface area contributed by atoms with E-state index in [4.69, 9.17) is 0 Å². The predicted molar refractivity (Wildman–Crippen MR) is 68.8 cm³/mol. The Morgan fingerprint density at radius 1 is 1.50 bits per heavy atom. The first-order chi connectivity index (χ1) is 8.61. The molecule has 1 saturated heterocycles. The first kappa shape index (κ1) is 12.5. The molecule has 0 spiro atoms. The monoisotopic (exact) mass is 248 g/mol. The molecule has 0 aromatic heterocycles. The molecule has 1 aromatic carbocycles. The zero-order valence-electron chi connectivity index (χ0n) is 10.3. The normalized spacial score (nSPS) is 19.6. The van der Waals surface area contributed by atoms with Crippen LogP contribution in [0.15, 0.2) is 18.2 Å². The summed E-state index contributed by atoms with van der Waals surface area (Å²) in [5, 5.41) is 10.7. The molecule has 2 rings (SSSR count). The van der Waals surface area contributed by atoms with Gasteiger partial charge in [0.25, 0.3) is 5.69 Å². The van der Waals surface area contributed by atoms with Crippen LogP contribution in [-0.4, -0.2) is 24.3 Å².